The van der Waals surface area contributed by atoms with Crippen molar-refractivity contribution in [2.75, 3.05) is 4.90 Å². The molecule has 0 N–H and O–H groups in total. The number of para-hydroxylation sites is 1. The number of rotatable bonds is 10. The normalized spacial score (nSPS) is 11.8. The zero-order chi connectivity index (χ0) is 49.0. The summed E-state index contributed by atoms with van der Waals surface area (Å²) in [6.07, 6.45) is 0. The second-order valence-corrected chi connectivity index (χ2v) is 24.0. The van der Waals surface area contributed by atoms with E-state index >= 15 is 0 Å². The van der Waals surface area contributed by atoms with Crippen molar-refractivity contribution in [2.45, 2.75) is 0 Å². The molecule has 14 rings (SSSR count). The SMILES string of the molecule is c1ccc([Si](c2ccccc2)(c2ccccc2)c2ccc(-c3ccc(N(c4ccc(-c5cccc6ccccc56)cc4)c4cccc5c4c4ccccc4n5-c4cccc5c4sc4ccccc45)cc3)cc2)cc1. The summed E-state index contributed by atoms with van der Waals surface area (Å²) in [6, 6.07) is 108. The van der Waals surface area contributed by atoms with Crippen LogP contribution in [0.3, 0.4) is 0 Å². The first-order valence-electron chi connectivity index (χ1n) is 25.4. The molecular weight excluding hydrogens is 929 g/mol. The monoisotopic (exact) mass is 976 g/mol. The summed E-state index contributed by atoms with van der Waals surface area (Å²) in [7, 11) is -2.65. The maximum atomic E-state index is 2.49. The average molecular weight is 977 g/mol. The molecule has 0 amide bonds. The van der Waals surface area contributed by atoms with Crippen LogP contribution in [0.25, 0.3) is 80.7 Å². The highest BCUT2D eigenvalue weighted by molar-refractivity contribution is 7.26. The van der Waals surface area contributed by atoms with Gasteiger partial charge in [0.15, 0.2) is 8.07 Å². The van der Waals surface area contributed by atoms with Gasteiger partial charge in [-0.05, 0) is 108 Å². The Bertz CT molecular complexity index is 4230. The lowest BCUT2D eigenvalue weighted by Crippen LogP contribution is -2.74. The van der Waals surface area contributed by atoms with Crippen LogP contribution in [0.5, 0.6) is 0 Å². The van der Waals surface area contributed by atoms with Gasteiger partial charge in [0.1, 0.15) is 0 Å². The molecule has 0 saturated carbocycles. The largest absolute Gasteiger partial charge is 0.310 e. The third-order valence-corrected chi connectivity index (χ3v) is 21.2. The van der Waals surface area contributed by atoms with Gasteiger partial charge in [-0.1, -0.05) is 237 Å². The minimum Gasteiger partial charge on any atom is -0.310 e. The Kier molecular flexibility index (Phi) is 10.8. The van der Waals surface area contributed by atoms with E-state index in [2.05, 4.69) is 301 Å². The molecule has 0 aliphatic rings. The average Bonchev–Trinajstić information content (AvgIpc) is 4.03. The van der Waals surface area contributed by atoms with Gasteiger partial charge in [0.25, 0.3) is 0 Å². The van der Waals surface area contributed by atoms with Gasteiger partial charge in [0.2, 0.25) is 0 Å². The van der Waals surface area contributed by atoms with Crippen LogP contribution in [-0.4, -0.2) is 12.6 Å². The van der Waals surface area contributed by atoms with E-state index in [0.717, 1.165) is 17.1 Å². The topological polar surface area (TPSA) is 8.17 Å². The fraction of sp³-hybridized carbons (Fsp3) is 0. The first kappa shape index (κ1) is 43.7. The van der Waals surface area contributed by atoms with Crippen molar-refractivity contribution in [1.82, 2.24) is 4.57 Å². The van der Waals surface area contributed by atoms with E-state index in [1.807, 2.05) is 11.3 Å². The first-order valence-corrected chi connectivity index (χ1v) is 28.2. The highest BCUT2D eigenvalue weighted by Gasteiger charge is 2.41. The molecule has 348 valence electrons. The molecule has 0 bridgehead atoms. The fourth-order valence-corrected chi connectivity index (χ4v) is 17.8. The molecule has 0 saturated heterocycles. The van der Waals surface area contributed by atoms with Crippen molar-refractivity contribution in [3.63, 3.8) is 0 Å². The summed E-state index contributed by atoms with van der Waals surface area (Å²) in [5.74, 6) is 0. The van der Waals surface area contributed by atoms with E-state index in [1.54, 1.807) is 0 Å². The number of aromatic nitrogens is 1. The van der Waals surface area contributed by atoms with E-state index in [-0.39, 0.29) is 0 Å². The quantitative estimate of drug-likeness (QED) is 0.0979. The molecule has 12 aromatic carbocycles. The second-order valence-electron chi connectivity index (χ2n) is 19.2. The molecule has 2 heterocycles. The number of hydrogen-bond donors (Lipinski definition) is 0. The summed E-state index contributed by atoms with van der Waals surface area (Å²) in [5.41, 5.74) is 11.6. The molecular formula is C70H48N2SSi. The number of fused-ring (bicyclic) bond motifs is 7. The van der Waals surface area contributed by atoms with Crippen LogP contribution < -0.4 is 25.6 Å². The van der Waals surface area contributed by atoms with Gasteiger partial charge < -0.3 is 9.47 Å². The predicted molar refractivity (Wildman–Crippen MR) is 320 cm³/mol. The summed E-state index contributed by atoms with van der Waals surface area (Å²) < 4.78 is 5.08. The van der Waals surface area contributed by atoms with Crippen LogP contribution in [0, 0.1) is 0 Å². The van der Waals surface area contributed by atoms with Gasteiger partial charge in [-0.15, -0.1) is 11.3 Å². The zero-order valence-corrected chi connectivity index (χ0v) is 42.3. The smallest absolute Gasteiger partial charge is 0.179 e. The third kappa shape index (κ3) is 7.14. The minimum atomic E-state index is -2.65. The summed E-state index contributed by atoms with van der Waals surface area (Å²) in [5, 5.41) is 13.0. The molecule has 0 fully saturated rings. The summed E-state index contributed by atoms with van der Waals surface area (Å²) in [4.78, 5) is 2.46. The van der Waals surface area contributed by atoms with Crippen LogP contribution in [0.1, 0.15) is 0 Å². The Balaban J connectivity index is 0.917. The maximum absolute atomic E-state index is 2.65. The third-order valence-electron chi connectivity index (χ3n) is 15.2. The van der Waals surface area contributed by atoms with E-state index < -0.39 is 8.07 Å². The lowest BCUT2D eigenvalue weighted by atomic mass is 9.98. The standard InChI is InChI=1S/C70H48N2SSi/c1-4-21-55(22-5-1)74(56-23-6-2-7-24-56,57-25-8-3-9-26-57)58-47-41-50(42-48-58)49-37-43-53(44-38-49)71(54-45-39-52(40-46-54)60-30-16-20-51-19-10-11-27-59(51)60)65-33-18-34-66-69(65)63-29-12-14-32-64(63)72(66)67-35-17-31-62-61-28-13-15-36-68(61)73-70(62)67/h1-48H. The van der Waals surface area contributed by atoms with Crippen molar-refractivity contribution in [3.8, 4) is 27.9 Å². The zero-order valence-electron chi connectivity index (χ0n) is 40.5. The summed E-state index contributed by atoms with van der Waals surface area (Å²) in [6.45, 7) is 0. The molecule has 4 heteroatoms. The van der Waals surface area contributed by atoms with E-state index in [1.165, 1.54) is 101 Å². The molecule has 2 nitrogen and oxygen atoms in total. The van der Waals surface area contributed by atoms with Crippen molar-refractivity contribution >= 4 is 110 Å². The van der Waals surface area contributed by atoms with E-state index in [4.69, 9.17) is 0 Å². The van der Waals surface area contributed by atoms with Crippen molar-refractivity contribution in [2.24, 2.45) is 0 Å². The van der Waals surface area contributed by atoms with Crippen molar-refractivity contribution in [3.05, 3.63) is 291 Å². The van der Waals surface area contributed by atoms with Crippen LogP contribution in [-0.2, 0) is 0 Å². The molecule has 0 unspecified atom stereocenters. The predicted octanol–water partition coefficient (Wildman–Crippen LogP) is 16.5. The molecule has 0 atom stereocenters. The highest BCUT2D eigenvalue weighted by Crippen LogP contribution is 2.46. The molecule has 0 aliphatic heterocycles. The lowest BCUT2D eigenvalue weighted by Gasteiger charge is -2.34. The van der Waals surface area contributed by atoms with Gasteiger partial charge in [-0.25, -0.2) is 0 Å². The summed E-state index contributed by atoms with van der Waals surface area (Å²) >= 11 is 1.88. The Morgan fingerprint density at radius 1 is 0.324 bits per heavy atom. The van der Waals surface area contributed by atoms with E-state index in [9.17, 15) is 0 Å². The van der Waals surface area contributed by atoms with Gasteiger partial charge in [0, 0.05) is 37.6 Å². The molecule has 0 spiro atoms. The number of benzene rings is 12. The lowest BCUT2D eigenvalue weighted by molar-refractivity contribution is 1.20. The van der Waals surface area contributed by atoms with Crippen molar-refractivity contribution < 1.29 is 0 Å². The molecule has 2 aromatic heterocycles. The molecule has 0 radical (unpaired) electrons. The van der Waals surface area contributed by atoms with Gasteiger partial charge in [-0.3, -0.25) is 0 Å². The maximum Gasteiger partial charge on any atom is 0.179 e. The van der Waals surface area contributed by atoms with Crippen LogP contribution in [0.4, 0.5) is 17.1 Å². The van der Waals surface area contributed by atoms with Gasteiger partial charge in [-0.2, -0.15) is 0 Å². The Morgan fingerprint density at radius 3 is 1.46 bits per heavy atom. The van der Waals surface area contributed by atoms with E-state index in [0.29, 0.717) is 0 Å². The van der Waals surface area contributed by atoms with Gasteiger partial charge >= 0.3 is 0 Å². The fourth-order valence-electron chi connectivity index (χ4n) is 11.8. The van der Waals surface area contributed by atoms with Crippen molar-refractivity contribution in [1.29, 1.82) is 0 Å². The molecule has 14 aromatic rings. The van der Waals surface area contributed by atoms with Crippen LogP contribution in [0.2, 0.25) is 0 Å². The second kappa shape index (κ2) is 18.2. The first-order chi connectivity index (χ1) is 36.7. The Morgan fingerprint density at radius 2 is 0.797 bits per heavy atom. The number of anilines is 3. The number of hydrogen-bond acceptors (Lipinski definition) is 2. The number of nitrogens with zero attached hydrogens (tertiary/aromatic N) is 2. The molecule has 0 aliphatic carbocycles. The Hall–Kier alpha value is -9.06. The minimum absolute atomic E-state index is 1.09. The van der Waals surface area contributed by atoms with Crippen LogP contribution >= 0.6 is 11.3 Å². The van der Waals surface area contributed by atoms with Gasteiger partial charge in [0.05, 0.1) is 27.1 Å². The number of thiophene rings is 1. The van der Waals surface area contributed by atoms with Crippen LogP contribution in [0.15, 0.2) is 291 Å². The highest BCUT2D eigenvalue weighted by atomic mass is 32.1. The Labute approximate surface area is 435 Å². The molecule has 74 heavy (non-hydrogen) atoms.